The van der Waals surface area contributed by atoms with Crippen LogP contribution < -0.4 is 0 Å². The van der Waals surface area contributed by atoms with Crippen LogP contribution in [0.15, 0.2) is 33.7 Å². The van der Waals surface area contributed by atoms with E-state index in [1.165, 1.54) is 0 Å². The normalized spacial score (nSPS) is 10.5. The van der Waals surface area contributed by atoms with E-state index in [-0.39, 0.29) is 0 Å². The molecular weight excluding hydrogens is 310 g/mol. The van der Waals surface area contributed by atoms with Gasteiger partial charge in [0.15, 0.2) is 4.73 Å². The molecule has 0 spiro atoms. The van der Waals surface area contributed by atoms with Crippen molar-refractivity contribution < 1.29 is 0 Å². The number of aromatic nitrogens is 3. The minimum absolute atomic E-state index is 0.586. The van der Waals surface area contributed by atoms with Gasteiger partial charge in [-0.25, -0.2) is 9.97 Å². The van der Waals surface area contributed by atoms with Crippen LogP contribution in [-0.2, 0) is 7.05 Å². The Labute approximate surface area is 98.4 Å². The maximum Gasteiger partial charge on any atom is 0.198 e. The van der Waals surface area contributed by atoms with Crippen molar-refractivity contribution in [3.8, 4) is 11.4 Å². The maximum atomic E-state index is 4.29. The van der Waals surface area contributed by atoms with Crippen molar-refractivity contribution in [1.29, 1.82) is 0 Å². The number of halogens is 2. The highest BCUT2D eigenvalue weighted by molar-refractivity contribution is 9.11. The standard InChI is InChI=1S/C9H7Br2N3/c1-14-4-2-3-7(14)6-5-8(10)13-9(11)12-6/h2-5H,1H3. The molecular formula is C9H7Br2N3. The summed E-state index contributed by atoms with van der Waals surface area (Å²) >= 11 is 6.59. The summed E-state index contributed by atoms with van der Waals surface area (Å²) in [4.78, 5) is 8.38. The van der Waals surface area contributed by atoms with Crippen molar-refractivity contribution in [3.63, 3.8) is 0 Å². The molecule has 0 bridgehead atoms. The minimum Gasteiger partial charge on any atom is -0.349 e. The molecule has 14 heavy (non-hydrogen) atoms. The molecule has 2 aromatic heterocycles. The Hall–Kier alpha value is -0.680. The summed E-state index contributed by atoms with van der Waals surface area (Å²) in [5, 5.41) is 0. The highest BCUT2D eigenvalue weighted by atomic mass is 79.9. The van der Waals surface area contributed by atoms with Crippen LogP contribution in [0, 0.1) is 0 Å². The summed E-state index contributed by atoms with van der Waals surface area (Å²) in [6.45, 7) is 0. The van der Waals surface area contributed by atoms with Crippen molar-refractivity contribution in [3.05, 3.63) is 33.7 Å². The molecule has 0 amide bonds. The number of aryl methyl sites for hydroxylation is 1. The number of hydrogen-bond donors (Lipinski definition) is 0. The van der Waals surface area contributed by atoms with Gasteiger partial charge in [-0.2, -0.15) is 0 Å². The lowest BCUT2D eigenvalue weighted by Gasteiger charge is -2.03. The van der Waals surface area contributed by atoms with E-state index in [9.17, 15) is 0 Å². The van der Waals surface area contributed by atoms with Crippen LogP contribution in [0.1, 0.15) is 0 Å². The molecule has 2 heterocycles. The summed E-state index contributed by atoms with van der Waals surface area (Å²) in [7, 11) is 1.99. The third-order valence-electron chi connectivity index (χ3n) is 1.87. The molecule has 72 valence electrons. The summed E-state index contributed by atoms with van der Waals surface area (Å²) in [6.07, 6.45) is 1.99. The summed E-state index contributed by atoms with van der Waals surface area (Å²) in [5.74, 6) is 0. The second-order valence-electron chi connectivity index (χ2n) is 2.85. The summed E-state index contributed by atoms with van der Waals surface area (Å²) in [6, 6.07) is 5.89. The predicted octanol–water partition coefficient (Wildman–Crippen LogP) is 3.01. The van der Waals surface area contributed by atoms with Crippen molar-refractivity contribution in [2.45, 2.75) is 0 Å². The molecule has 0 radical (unpaired) electrons. The zero-order valence-corrected chi connectivity index (χ0v) is 10.6. The molecule has 0 N–H and O–H groups in total. The van der Waals surface area contributed by atoms with Gasteiger partial charge in [0.25, 0.3) is 0 Å². The number of hydrogen-bond acceptors (Lipinski definition) is 2. The number of rotatable bonds is 1. The van der Waals surface area contributed by atoms with Gasteiger partial charge in [0.1, 0.15) is 4.60 Å². The quantitative estimate of drug-likeness (QED) is 0.598. The fourth-order valence-electron chi connectivity index (χ4n) is 1.25. The van der Waals surface area contributed by atoms with Gasteiger partial charge < -0.3 is 4.57 Å². The second kappa shape index (κ2) is 3.82. The van der Waals surface area contributed by atoms with Gasteiger partial charge in [0, 0.05) is 13.2 Å². The first-order valence-corrected chi connectivity index (χ1v) is 5.57. The van der Waals surface area contributed by atoms with Crippen molar-refractivity contribution in [1.82, 2.24) is 14.5 Å². The maximum absolute atomic E-state index is 4.29. The van der Waals surface area contributed by atoms with Crippen molar-refractivity contribution in [2.75, 3.05) is 0 Å². The molecule has 0 aliphatic heterocycles. The first-order chi connectivity index (χ1) is 6.66. The molecule has 0 aliphatic carbocycles. The molecule has 2 aromatic rings. The summed E-state index contributed by atoms with van der Waals surface area (Å²) in [5.41, 5.74) is 1.96. The molecule has 2 rings (SSSR count). The van der Waals surface area contributed by atoms with Gasteiger partial charge >= 0.3 is 0 Å². The third-order valence-corrected chi connectivity index (χ3v) is 2.63. The smallest absolute Gasteiger partial charge is 0.198 e. The van der Waals surface area contributed by atoms with Crippen LogP contribution in [-0.4, -0.2) is 14.5 Å². The van der Waals surface area contributed by atoms with Gasteiger partial charge in [0.2, 0.25) is 0 Å². The van der Waals surface area contributed by atoms with E-state index in [1.54, 1.807) is 0 Å². The summed E-state index contributed by atoms with van der Waals surface area (Å²) < 4.78 is 3.37. The van der Waals surface area contributed by atoms with E-state index in [4.69, 9.17) is 0 Å². The lowest BCUT2D eigenvalue weighted by molar-refractivity contribution is 0.925. The van der Waals surface area contributed by atoms with Crippen LogP contribution in [0.2, 0.25) is 0 Å². The van der Waals surface area contributed by atoms with Crippen LogP contribution >= 0.6 is 31.9 Å². The zero-order chi connectivity index (χ0) is 10.1. The van der Waals surface area contributed by atoms with Crippen LogP contribution in [0.3, 0.4) is 0 Å². The SMILES string of the molecule is Cn1cccc1-c1cc(Br)nc(Br)n1. The molecule has 5 heteroatoms. The molecule has 0 fully saturated rings. The largest absolute Gasteiger partial charge is 0.349 e. The van der Waals surface area contributed by atoms with E-state index in [1.807, 2.05) is 36.0 Å². The minimum atomic E-state index is 0.586. The average Bonchev–Trinajstić information content (AvgIpc) is 2.49. The zero-order valence-electron chi connectivity index (χ0n) is 7.41. The molecule has 0 saturated heterocycles. The van der Waals surface area contributed by atoms with Crippen LogP contribution in [0.5, 0.6) is 0 Å². The Kier molecular flexibility index (Phi) is 2.69. The van der Waals surface area contributed by atoms with Gasteiger partial charge in [-0.1, -0.05) is 0 Å². The van der Waals surface area contributed by atoms with E-state index in [0.717, 1.165) is 16.0 Å². The second-order valence-corrected chi connectivity index (χ2v) is 4.37. The molecule has 0 saturated carbocycles. The molecule has 0 aliphatic rings. The Balaban J connectivity index is 2.57. The fourth-order valence-corrected chi connectivity index (χ4v) is 2.25. The fraction of sp³-hybridized carbons (Fsp3) is 0.111. The Bertz CT molecular complexity index is 445. The Morgan fingerprint density at radius 2 is 2.07 bits per heavy atom. The molecule has 3 nitrogen and oxygen atoms in total. The highest BCUT2D eigenvalue weighted by Gasteiger charge is 2.05. The average molecular weight is 317 g/mol. The van der Waals surface area contributed by atoms with Gasteiger partial charge in [-0.05, 0) is 50.1 Å². The Morgan fingerprint density at radius 3 is 2.64 bits per heavy atom. The predicted molar refractivity (Wildman–Crippen MR) is 61.8 cm³/mol. The van der Waals surface area contributed by atoms with Gasteiger partial charge in [-0.3, -0.25) is 0 Å². The van der Waals surface area contributed by atoms with E-state index in [2.05, 4.69) is 41.8 Å². The van der Waals surface area contributed by atoms with E-state index >= 15 is 0 Å². The molecule has 0 atom stereocenters. The monoisotopic (exact) mass is 315 g/mol. The van der Waals surface area contributed by atoms with Crippen LogP contribution in [0.4, 0.5) is 0 Å². The van der Waals surface area contributed by atoms with E-state index < -0.39 is 0 Å². The van der Waals surface area contributed by atoms with E-state index in [0.29, 0.717) is 4.73 Å². The molecule has 0 unspecified atom stereocenters. The lowest BCUT2D eigenvalue weighted by Crippen LogP contribution is -1.94. The Morgan fingerprint density at radius 1 is 1.29 bits per heavy atom. The van der Waals surface area contributed by atoms with Crippen molar-refractivity contribution >= 4 is 31.9 Å². The molecule has 0 aromatic carbocycles. The first kappa shape index (κ1) is 9.86. The van der Waals surface area contributed by atoms with Gasteiger partial charge in [-0.15, -0.1) is 0 Å². The number of nitrogens with zero attached hydrogens (tertiary/aromatic N) is 3. The third kappa shape index (κ3) is 1.88. The lowest BCUT2D eigenvalue weighted by atomic mass is 10.3. The van der Waals surface area contributed by atoms with Crippen molar-refractivity contribution in [2.24, 2.45) is 7.05 Å². The van der Waals surface area contributed by atoms with Crippen LogP contribution in [0.25, 0.3) is 11.4 Å². The van der Waals surface area contributed by atoms with Gasteiger partial charge in [0.05, 0.1) is 11.4 Å². The first-order valence-electron chi connectivity index (χ1n) is 3.98. The highest BCUT2D eigenvalue weighted by Crippen LogP contribution is 2.21. The topological polar surface area (TPSA) is 30.7 Å².